The summed E-state index contributed by atoms with van der Waals surface area (Å²) in [5.41, 5.74) is 4.49. The van der Waals surface area contributed by atoms with E-state index in [9.17, 15) is 4.39 Å². The molecule has 0 unspecified atom stereocenters. The van der Waals surface area contributed by atoms with Crippen LogP contribution in [0.3, 0.4) is 0 Å². The fourth-order valence-electron chi connectivity index (χ4n) is 2.45. The molecule has 20 heavy (non-hydrogen) atoms. The molecule has 2 rings (SSSR count). The van der Waals surface area contributed by atoms with E-state index in [0.717, 1.165) is 42.0 Å². The average molecular weight is 275 g/mol. The number of hydrogen-bond acceptors (Lipinski definition) is 2. The summed E-state index contributed by atoms with van der Waals surface area (Å²) < 4.78 is 16.0. The molecule has 1 heterocycles. The molecule has 1 aromatic carbocycles. The van der Waals surface area contributed by atoms with Crippen molar-refractivity contribution in [3.8, 4) is 11.1 Å². The van der Waals surface area contributed by atoms with Crippen LogP contribution in [0.5, 0.6) is 0 Å². The number of hydrogen-bond donors (Lipinski definition) is 1. The Balaban J connectivity index is 2.37. The largest absolute Gasteiger partial charge is 0.313 e. The minimum atomic E-state index is -0.191. The first-order valence-corrected chi connectivity index (χ1v) is 7.04. The molecule has 2 aromatic rings. The molecule has 0 atom stereocenters. The van der Waals surface area contributed by atoms with Gasteiger partial charge in [-0.05, 0) is 44.5 Å². The third-order valence-electron chi connectivity index (χ3n) is 3.57. The lowest BCUT2D eigenvalue weighted by atomic mass is 10.0. The van der Waals surface area contributed by atoms with E-state index < -0.39 is 0 Å². The summed E-state index contributed by atoms with van der Waals surface area (Å²) in [5, 5.41) is 7.71. The van der Waals surface area contributed by atoms with Crippen LogP contribution in [0.2, 0.25) is 0 Å². The molecule has 0 saturated carbocycles. The Hall–Kier alpha value is -1.68. The number of nitrogens with one attached hydrogen (secondary N) is 1. The van der Waals surface area contributed by atoms with Crippen molar-refractivity contribution in [2.45, 2.75) is 33.7 Å². The molecular formula is C16H22FN3. The number of rotatable bonds is 5. The molecule has 108 valence electrons. The fourth-order valence-corrected chi connectivity index (χ4v) is 2.45. The highest BCUT2D eigenvalue weighted by Gasteiger charge is 2.15. The molecule has 0 amide bonds. The van der Waals surface area contributed by atoms with Crippen LogP contribution in [0.4, 0.5) is 4.39 Å². The number of nitrogens with zero attached hydrogens (tertiary/aromatic N) is 2. The molecule has 3 nitrogen and oxygen atoms in total. The summed E-state index contributed by atoms with van der Waals surface area (Å²) in [6.07, 6.45) is 1.09. The lowest BCUT2D eigenvalue weighted by Crippen LogP contribution is -2.13. The van der Waals surface area contributed by atoms with Gasteiger partial charge in [-0.15, -0.1) is 0 Å². The lowest BCUT2D eigenvalue weighted by Gasteiger charge is -2.08. The molecule has 1 N–H and O–H groups in total. The highest BCUT2D eigenvalue weighted by atomic mass is 19.1. The van der Waals surface area contributed by atoms with Crippen LogP contribution < -0.4 is 5.32 Å². The smallest absolute Gasteiger partial charge is 0.131 e. The maximum atomic E-state index is 14.2. The molecular weight excluding hydrogens is 253 g/mol. The summed E-state index contributed by atoms with van der Waals surface area (Å²) >= 11 is 0. The summed E-state index contributed by atoms with van der Waals surface area (Å²) in [6, 6.07) is 5.31. The highest BCUT2D eigenvalue weighted by Crippen LogP contribution is 2.29. The second-order valence-electron chi connectivity index (χ2n) is 5.16. The number of benzene rings is 1. The zero-order valence-corrected chi connectivity index (χ0v) is 12.6. The van der Waals surface area contributed by atoms with Gasteiger partial charge in [-0.2, -0.15) is 5.10 Å². The molecule has 0 fully saturated rings. The van der Waals surface area contributed by atoms with Crippen molar-refractivity contribution >= 4 is 0 Å². The van der Waals surface area contributed by atoms with E-state index in [1.165, 1.54) is 0 Å². The van der Waals surface area contributed by atoms with Crippen LogP contribution in [0.25, 0.3) is 11.1 Å². The van der Waals surface area contributed by atoms with Crippen molar-refractivity contribution in [2.24, 2.45) is 7.05 Å². The van der Waals surface area contributed by atoms with E-state index in [-0.39, 0.29) is 5.82 Å². The monoisotopic (exact) mass is 275 g/mol. The third-order valence-corrected chi connectivity index (χ3v) is 3.57. The van der Waals surface area contributed by atoms with Gasteiger partial charge >= 0.3 is 0 Å². The molecule has 0 radical (unpaired) electrons. The Morgan fingerprint density at radius 2 is 2.05 bits per heavy atom. The molecule has 0 aliphatic heterocycles. The summed E-state index contributed by atoms with van der Waals surface area (Å²) in [6.45, 7) is 7.75. The van der Waals surface area contributed by atoms with E-state index >= 15 is 0 Å². The number of aromatic nitrogens is 2. The van der Waals surface area contributed by atoms with Crippen molar-refractivity contribution in [1.82, 2.24) is 15.1 Å². The SMILES string of the molecule is CCCNCc1ccc(F)c(-c2c(C)nn(C)c2C)c1. The Morgan fingerprint density at radius 1 is 1.30 bits per heavy atom. The predicted octanol–water partition coefficient (Wildman–Crippen LogP) is 3.34. The van der Waals surface area contributed by atoms with Crippen LogP contribution in [0.1, 0.15) is 30.3 Å². The normalized spacial score (nSPS) is 11.1. The summed E-state index contributed by atoms with van der Waals surface area (Å²) in [5.74, 6) is -0.191. The van der Waals surface area contributed by atoms with Crippen LogP contribution in [-0.4, -0.2) is 16.3 Å². The van der Waals surface area contributed by atoms with E-state index in [1.807, 2.05) is 33.0 Å². The van der Waals surface area contributed by atoms with Crippen LogP contribution in [0.15, 0.2) is 18.2 Å². The lowest BCUT2D eigenvalue weighted by molar-refractivity contribution is 0.627. The molecule has 0 aliphatic rings. The van der Waals surface area contributed by atoms with Gasteiger partial charge in [0.15, 0.2) is 0 Å². The van der Waals surface area contributed by atoms with Gasteiger partial charge in [0.2, 0.25) is 0 Å². The number of aryl methyl sites for hydroxylation is 2. The maximum absolute atomic E-state index is 14.2. The van der Waals surface area contributed by atoms with Gasteiger partial charge in [0.05, 0.1) is 5.69 Å². The van der Waals surface area contributed by atoms with E-state index in [1.54, 1.807) is 10.7 Å². The zero-order valence-electron chi connectivity index (χ0n) is 12.6. The zero-order chi connectivity index (χ0) is 14.7. The third kappa shape index (κ3) is 2.90. The maximum Gasteiger partial charge on any atom is 0.131 e. The predicted molar refractivity (Wildman–Crippen MR) is 80.1 cm³/mol. The van der Waals surface area contributed by atoms with Gasteiger partial charge in [0.1, 0.15) is 5.82 Å². The highest BCUT2D eigenvalue weighted by molar-refractivity contribution is 5.69. The average Bonchev–Trinajstić information content (AvgIpc) is 2.66. The van der Waals surface area contributed by atoms with Gasteiger partial charge in [-0.25, -0.2) is 4.39 Å². The first kappa shape index (κ1) is 14.7. The van der Waals surface area contributed by atoms with Crippen molar-refractivity contribution in [2.75, 3.05) is 6.54 Å². The summed E-state index contributed by atoms with van der Waals surface area (Å²) in [7, 11) is 1.89. The Kier molecular flexibility index (Phi) is 4.55. The topological polar surface area (TPSA) is 29.9 Å². The molecule has 1 aromatic heterocycles. The second-order valence-corrected chi connectivity index (χ2v) is 5.16. The first-order valence-electron chi connectivity index (χ1n) is 7.04. The standard InChI is InChI=1S/C16H22FN3/c1-5-8-18-10-13-6-7-15(17)14(9-13)16-11(2)19-20(4)12(16)3/h6-7,9,18H,5,8,10H2,1-4H3. The van der Waals surface area contributed by atoms with Gasteiger partial charge in [-0.1, -0.05) is 13.0 Å². The van der Waals surface area contributed by atoms with Gasteiger partial charge in [0, 0.05) is 30.4 Å². The Labute approximate surface area is 119 Å². The Morgan fingerprint density at radius 3 is 2.65 bits per heavy atom. The molecule has 4 heteroatoms. The van der Waals surface area contributed by atoms with Gasteiger partial charge in [0.25, 0.3) is 0 Å². The minimum Gasteiger partial charge on any atom is -0.313 e. The van der Waals surface area contributed by atoms with Gasteiger partial charge in [-0.3, -0.25) is 4.68 Å². The van der Waals surface area contributed by atoms with Crippen LogP contribution in [0, 0.1) is 19.7 Å². The molecule has 0 spiro atoms. The Bertz CT molecular complexity index is 602. The second kappa shape index (κ2) is 6.18. The van der Waals surface area contributed by atoms with Crippen molar-refractivity contribution < 1.29 is 4.39 Å². The fraction of sp³-hybridized carbons (Fsp3) is 0.438. The van der Waals surface area contributed by atoms with Crippen LogP contribution >= 0.6 is 0 Å². The molecule has 0 aliphatic carbocycles. The van der Waals surface area contributed by atoms with Gasteiger partial charge < -0.3 is 5.32 Å². The van der Waals surface area contributed by atoms with Crippen molar-refractivity contribution in [3.63, 3.8) is 0 Å². The van der Waals surface area contributed by atoms with E-state index in [4.69, 9.17) is 0 Å². The van der Waals surface area contributed by atoms with E-state index in [0.29, 0.717) is 5.56 Å². The van der Waals surface area contributed by atoms with Crippen molar-refractivity contribution in [1.29, 1.82) is 0 Å². The van der Waals surface area contributed by atoms with Crippen LogP contribution in [-0.2, 0) is 13.6 Å². The minimum absolute atomic E-state index is 0.191. The molecule has 0 bridgehead atoms. The quantitative estimate of drug-likeness (QED) is 0.848. The first-order chi connectivity index (χ1) is 9.54. The van der Waals surface area contributed by atoms with Crippen molar-refractivity contribution in [3.05, 3.63) is 41.0 Å². The van der Waals surface area contributed by atoms with E-state index in [2.05, 4.69) is 17.3 Å². The molecule has 0 saturated heterocycles. The summed E-state index contributed by atoms with van der Waals surface area (Å²) in [4.78, 5) is 0. The number of halogens is 1.